The highest BCUT2D eigenvalue weighted by Gasteiger charge is 2.30. The molecule has 1 aliphatic heterocycles. The number of hydrogen-bond acceptors (Lipinski definition) is 7. The lowest BCUT2D eigenvalue weighted by Crippen LogP contribution is -2.49. The molecule has 3 aromatic rings. The first-order chi connectivity index (χ1) is 16.5. The standard InChI is InChI=1S/C25H30N4O4S/c1-32-22-16-20-21(17-23(22)33-2)26-24(18-8-6-7-9-18)27-25(20)28-12-14-29(15-13-28)34(30,31)19-10-4-3-5-11-19/h3-5,10-11,16-18H,6-9,12-15H2,1-2H3. The molecule has 1 saturated carbocycles. The van der Waals surface area contributed by atoms with Crippen LogP contribution >= 0.6 is 0 Å². The smallest absolute Gasteiger partial charge is 0.243 e. The Labute approximate surface area is 200 Å². The van der Waals surface area contributed by atoms with E-state index in [1.54, 1.807) is 42.8 Å². The van der Waals surface area contributed by atoms with Crippen LogP contribution in [0.2, 0.25) is 0 Å². The Bertz CT molecular complexity index is 1270. The van der Waals surface area contributed by atoms with Crippen LogP contribution in [0, 0.1) is 0 Å². The highest BCUT2D eigenvalue weighted by molar-refractivity contribution is 7.89. The summed E-state index contributed by atoms with van der Waals surface area (Å²) >= 11 is 0. The van der Waals surface area contributed by atoms with Gasteiger partial charge in [0.2, 0.25) is 10.0 Å². The van der Waals surface area contributed by atoms with Gasteiger partial charge < -0.3 is 14.4 Å². The summed E-state index contributed by atoms with van der Waals surface area (Å²) in [6, 6.07) is 12.5. The molecule has 1 saturated heterocycles. The van der Waals surface area contributed by atoms with Gasteiger partial charge in [0.1, 0.15) is 11.6 Å². The van der Waals surface area contributed by atoms with Gasteiger partial charge in [0, 0.05) is 43.5 Å². The molecule has 34 heavy (non-hydrogen) atoms. The molecule has 9 heteroatoms. The molecule has 1 aromatic heterocycles. The van der Waals surface area contributed by atoms with Gasteiger partial charge in [0.05, 0.1) is 24.6 Å². The molecule has 2 fully saturated rings. The average Bonchev–Trinajstić information content (AvgIpc) is 3.43. The monoisotopic (exact) mass is 482 g/mol. The number of anilines is 1. The predicted molar refractivity (Wildman–Crippen MR) is 131 cm³/mol. The number of piperazine rings is 1. The first-order valence-electron chi connectivity index (χ1n) is 11.7. The number of sulfonamides is 1. The molecular formula is C25H30N4O4S. The average molecular weight is 483 g/mol. The molecule has 180 valence electrons. The minimum absolute atomic E-state index is 0.330. The molecule has 0 N–H and O–H groups in total. The van der Waals surface area contributed by atoms with E-state index < -0.39 is 10.0 Å². The van der Waals surface area contributed by atoms with Gasteiger partial charge in [-0.3, -0.25) is 0 Å². The molecule has 5 rings (SSSR count). The van der Waals surface area contributed by atoms with Crippen LogP contribution in [0.5, 0.6) is 11.5 Å². The second kappa shape index (κ2) is 9.38. The van der Waals surface area contributed by atoms with E-state index >= 15 is 0 Å². The lowest BCUT2D eigenvalue weighted by molar-refractivity contribution is 0.355. The Kier molecular flexibility index (Phi) is 6.31. The largest absolute Gasteiger partial charge is 0.493 e. The summed E-state index contributed by atoms with van der Waals surface area (Å²) in [5.41, 5.74) is 0.823. The summed E-state index contributed by atoms with van der Waals surface area (Å²) < 4.78 is 38.8. The lowest BCUT2D eigenvalue weighted by atomic mass is 10.1. The molecule has 0 bridgehead atoms. The molecular weight excluding hydrogens is 452 g/mol. The maximum Gasteiger partial charge on any atom is 0.243 e. The number of nitrogens with zero attached hydrogens (tertiary/aromatic N) is 4. The van der Waals surface area contributed by atoms with Crippen molar-refractivity contribution in [2.45, 2.75) is 36.5 Å². The minimum atomic E-state index is -3.51. The first kappa shape index (κ1) is 22.9. The van der Waals surface area contributed by atoms with Crippen LogP contribution in [0.3, 0.4) is 0 Å². The number of hydrogen-bond donors (Lipinski definition) is 0. The Morgan fingerprint density at radius 3 is 2.18 bits per heavy atom. The third-order valence-corrected chi connectivity index (χ3v) is 8.75. The van der Waals surface area contributed by atoms with Gasteiger partial charge in [0.15, 0.2) is 11.5 Å². The summed E-state index contributed by atoms with van der Waals surface area (Å²) in [5.74, 6) is 3.32. The molecule has 8 nitrogen and oxygen atoms in total. The highest BCUT2D eigenvalue weighted by atomic mass is 32.2. The zero-order valence-corrected chi connectivity index (χ0v) is 20.4. The van der Waals surface area contributed by atoms with Crippen molar-refractivity contribution < 1.29 is 17.9 Å². The second-order valence-electron chi connectivity index (χ2n) is 8.82. The van der Waals surface area contributed by atoms with Crippen LogP contribution in [0.25, 0.3) is 10.9 Å². The van der Waals surface area contributed by atoms with Crippen molar-refractivity contribution in [3.63, 3.8) is 0 Å². The van der Waals surface area contributed by atoms with Crippen molar-refractivity contribution in [3.8, 4) is 11.5 Å². The van der Waals surface area contributed by atoms with Gasteiger partial charge in [-0.15, -0.1) is 0 Å². The molecule has 0 atom stereocenters. The van der Waals surface area contributed by atoms with Crippen molar-refractivity contribution in [3.05, 3.63) is 48.3 Å². The minimum Gasteiger partial charge on any atom is -0.493 e. The first-order valence-corrected chi connectivity index (χ1v) is 13.2. The third-order valence-electron chi connectivity index (χ3n) is 6.84. The molecule has 0 unspecified atom stereocenters. The fourth-order valence-electron chi connectivity index (χ4n) is 4.95. The predicted octanol–water partition coefficient (Wildman–Crippen LogP) is 3.82. The highest BCUT2D eigenvalue weighted by Crippen LogP contribution is 2.39. The lowest BCUT2D eigenvalue weighted by Gasteiger charge is -2.35. The maximum absolute atomic E-state index is 13.1. The molecule has 2 aliphatic rings. The van der Waals surface area contributed by atoms with Gasteiger partial charge in [0.25, 0.3) is 0 Å². The van der Waals surface area contributed by atoms with Crippen LogP contribution in [0.1, 0.15) is 37.4 Å². The summed E-state index contributed by atoms with van der Waals surface area (Å²) in [7, 11) is -0.277. The number of ether oxygens (including phenoxy) is 2. The molecule has 1 aliphatic carbocycles. The Balaban J connectivity index is 1.49. The maximum atomic E-state index is 13.1. The van der Waals surface area contributed by atoms with E-state index in [9.17, 15) is 8.42 Å². The molecule has 2 heterocycles. The van der Waals surface area contributed by atoms with E-state index in [4.69, 9.17) is 19.4 Å². The van der Waals surface area contributed by atoms with E-state index in [0.29, 0.717) is 48.5 Å². The number of methoxy groups -OCH3 is 2. The van der Waals surface area contributed by atoms with Crippen molar-refractivity contribution in [2.24, 2.45) is 0 Å². The van der Waals surface area contributed by atoms with E-state index in [0.717, 1.165) is 35.4 Å². The zero-order chi connectivity index (χ0) is 23.7. The fraction of sp³-hybridized carbons (Fsp3) is 0.440. The molecule has 2 aromatic carbocycles. The number of aromatic nitrogens is 2. The second-order valence-corrected chi connectivity index (χ2v) is 10.8. The zero-order valence-electron chi connectivity index (χ0n) is 19.6. The van der Waals surface area contributed by atoms with Gasteiger partial charge in [-0.2, -0.15) is 4.31 Å². The number of fused-ring (bicyclic) bond motifs is 1. The topological polar surface area (TPSA) is 84.9 Å². The summed E-state index contributed by atoms with van der Waals surface area (Å²) in [5, 5.41) is 0.888. The van der Waals surface area contributed by atoms with E-state index in [-0.39, 0.29) is 0 Å². The van der Waals surface area contributed by atoms with Crippen LogP contribution in [0.4, 0.5) is 5.82 Å². The SMILES string of the molecule is COc1cc2nc(C3CCCC3)nc(N3CCN(S(=O)(=O)c4ccccc4)CC3)c2cc1OC. The summed E-state index contributed by atoms with van der Waals surface area (Å²) in [6.07, 6.45) is 4.59. The van der Waals surface area contributed by atoms with Crippen LogP contribution in [-0.4, -0.2) is 63.1 Å². The molecule has 0 spiro atoms. The van der Waals surface area contributed by atoms with Gasteiger partial charge >= 0.3 is 0 Å². The van der Waals surface area contributed by atoms with E-state index in [1.807, 2.05) is 18.2 Å². The Morgan fingerprint density at radius 2 is 1.53 bits per heavy atom. The number of rotatable bonds is 6. The normalized spacial score (nSPS) is 17.9. The molecule has 0 radical (unpaired) electrons. The van der Waals surface area contributed by atoms with E-state index in [2.05, 4.69) is 4.90 Å². The molecule has 0 amide bonds. The van der Waals surface area contributed by atoms with Gasteiger partial charge in [-0.25, -0.2) is 18.4 Å². The van der Waals surface area contributed by atoms with Crippen molar-refractivity contribution in [2.75, 3.05) is 45.3 Å². The Hall–Kier alpha value is -2.91. The van der Waals surface area contributed by atoms with Crippen molar-refractivity contribution in [1.82, 2.24) is 14.3 Å². The van der Waals surface area contributed by atoms with Gasteiger partial charge in [-0.1, -0.05) is 31.0 Å². The van der Waals surface area contributed by atoms with Gasteiger partial charge in [-0.05, 0) is 31.0 Å². The third kappa shape index (κ3) is 4.18. The van der Waals surface area contributed by atoms with Crippen molar-refractivity contribution >= 4 is 26.7 Å². The Morgan fingerprint density at radius 1 is 0.882 bits per heavy atom. The van der Waals surface area contributed by atoms with Crippen LogP contribution in [0.15, 0.2) is 47.4 Å². The number of benzene rings is 2. The quantitative estimate of drug-likeness (QED) is 0.528. The summed E-state index contributed by atoms with van der Waals surface area (Å²) in [6.45, 7) is 1.90. The van der Waals surface area contributed by atoms with E-state index in [1.165, 1.54) is 12.8 Å². The van der Waals surface area contributed by atoms with Crippen LogP contribution in [-0.2, 0) is 10.0 Å². The summed E-state index contributed by atoms with van der Waals surface area (Å²) in [4.78, 5) is 12.4. The van der Waals surface area contributed by atoms with Crippen molar-refractivity contribution in [1.29, 1.82) is 0 Å². The fourth-order valence-corrected chi connectivity index (χ4v) is 6.39. The van der Waals surface area contributed by atoms with Crippen LogP contribution < -0.4 is 14.4 Å².